The van der Waals surface area contributed by atoms with Crippen molar-refractivity contribution in [2.24, 2.45) is 5.73 Å². The SMILES string of the molecule is CSC(N)=S.[Zn].[Zn]. The van der Waals surface area contributed by atoms with Gasteiger partial charge in [-0.2, -0.15) is 0 Å². The standard InChI is InChI=1S/C2H5NS2.2Zn/c1-5-2(3)4;;/h1H3,(H2,3,4);;. The molecule has 0 radical (unpaired) electrons. The van der Waals surface area contributed by atoms with Gasteiger partial charge in [-0.25, -0.2) is 0 Å². The van der Waals surface area contributed by atoms with E-state index in [-0.39, 0.29) is 39.0 Å². The van der Waals surface area contributed by atoms with Crippen molar-refractivity contribution >= 4 is 28.3 Å². The largest absolute Gasteiger partial charge is 0.385 e. The van der Waals surface area contributed by atoms with Gasteiger partial charge in [-0.15, -0.1) is 11.8 Å². The van der Waals surface area contributed by atoms with Gasteiger partial charge in [0.05, 0.1) is 0 Å². The van der Waals surface area contributed by atoms with Crippen LogP contribution < -0.4 is 5.73 Å². The molecule has 0 heterocycles. The average molecular weight is 238 g/mol. The van der Waals surface area contributed by atoms with Crippen LogP contribution in [0.25, 0.3) is 0 Å². The van der Waals surface area contributed by atoms with Gasteiger partial charge in [0.15, 0.2) is 0 Å². The van der Waals surface area contributed by atoms with Crippen LogP contribution in [-0.4, -0.2) is 10.6 Å². The van der Waals surface area contributed by atoms with E-state index in [1.54, 1.807) is 0 Å². The van der Waals surface area contributed by atoms with Crippen LogP contribution in [0.15, 0.2) is 0 Å². The molecule has 0 rings (SSSR count). The van der Waals surface area contributed by atoms with E-state index in [0.717, 1.165) is 0 Å². The Labute approximate surface area is 78.7 Å². The zero-order valence-corrected chi connectivity index (χ0v) is 11.9. The van der Waals surface area contributed by atoms with Gasteiger partial charge in [-0.3, -0.25) is 0 Å². The van der Waals surface area contributed by atoms with E-state index in [9.17, 15) is 0 Å². The zero-order valence-electron chi connectivity index (χ0n) is 4.31. The monoisotopic (exact) mass is 235 g/mol. The first kappa shape index (κ1) is 15.8. The Bertz CT molecular complexity index is 49.0. The number of rotatable bonds is 0. The fourth-order valence-corrected chi connectivity index (χ4v) is 0. The molecule has 0 aliphatic rings. The van der Waals surface area contributed by atoms with Crippen molar-refractivity contribution in [2.45, 2.75) is 0 Å². The number of thiocarbonyl (C=S) groups is 1. The normalized spacial score (nSPS) is 5.29. The molecule has 2 N–H and O–H groups in total. The molecule has 0 aromatic heterocycles. The predicted octanol–water partition coefficient (Wildman–Crippen LogP) is 0.588. The van der Waals surface area contributed by atoms with E-state index in [0.29, 0.717) is 4.32 Å². The Morgan fingerprint density at radius 3 is 1.71 bits per heavy atom. The third-order valence-corrected chi connectivity index (χ3v) is 1.10. The predicted molar refractivity (Wildman–Crippen MR) is 30.3 cm³/mol. The second-order valence-electron chi connectivity index (χ2n) is 0.523. The van der Waals surface area contributed by atoms with Crippen LogP contribution >= 0.6 is 24.0 Å². The third kappa shape index (κ3) is 18.5. The molecule has 0 fully saturated rings. The van der Waals surface area contributed by atoms with Crippen molar-refractivity contribution in [3.05, 3.63) is 0 Å². The van der Waals surface area contributed by atoms with Crippen LogP contribution in [0.5, 0.6) is 0 Å². The van der Waals surface area contributed by atoms with Gasteiger partial charge in [0.1, 0.15) is 4.32 Å². The number of hydrogen-bond acceptors (Lipinski definition) is 2. The summed E-state index contributed by atoms with van der Waals surface area (Å²) < 4.78 is 0.505. The fourth-order valence-electron chi connectivity index (χ4n) is 0. The summed E-state index contributed by atoms with van der Waals surface area (Å²) in [6.45, 7) is 0. The molecule has 0 amide bonds. The van der Waals surface area contributed by atoms with Gasteiger partial charge < -0.3 is 5.73 Å². The molecule has 1 nitrogen and oxygen atoms in total. The Morgan fingerprint density at radius 2 is 1.71 bits per heavy atom. The van der Waals surface area contributed by atoms with E-state index in [1.165, 1.54) is 11.8 Å². The minimum absolute atomic E-state index is 0. The first-order valence-electron chi connectivity index (χ1n) is 1.11. The maximum atomic E-state index is 4.99. The van der Waals surface area contributed by atoms with Crippen molar-refractivity contribution < 1.29 is 39.0 Å². The molecule has 0 spiro atoms. The maximum absolute atomic E-state index is 4.99. The maximum Gasteiger partial charge on any atom is 0.130 e. The smallest absolute Gasteiger partial charge is 0.130 e. The molecule has 5 heteroatoms. The van der Waals surface area contributed by atoms with Crippen molar-refractivity contribution in [3.63, 3.8) is 0 Å². The average Bonchev–Trinajstić information content (AvgIpc) is 1.38. The van der Waals surface area contributed by atoms with Crippen LogP contribution in [0.2, 0.25) is 0 Å². The van der Waals surface area contributed by atoms with Gasteiger partial charge in [-0.1, -0.05) is 12.2 Å². The van der Waals surface area contributed by atoms with Gasteiger partial charge >= 0.3 is 0 Å². The molecule has 0 aromatic carbocycles. The van der Waals surface area contributed by atoms with Crippen LogP contribution in [0, 0.1) is 0 Å². The first-order chi connectivity index (χ1) is 2.27. The summed E-state index contributed by atoms with van der Waals surface area (Å²) in [6, 6.07) is 0. The third-order valence-electron chi connectivity index (χ3n) is 0.201. The molecule has 0 aliphatic heterocycles. The van der Waals surface area contributed by atoms with Gasteiger partial charge in [-0.05, 0) is 6.26 Å². The summed E-state index contributed by atoms with van der Waals surface area (Å²) in [4.78, 5) is 0. The second-order valence-corrected chi connectivity index (χ2v) is 2.07. The minimum atomic E-state index is 0. The van der Waals surface area contributed by atoms with E-state index < -0.39 is 0 Å². The minimum Gasteiger partial charge on any atom is -0.385 e. The van der Waals surface area contributed by atoms with E-state index in [2.05, 4.69) is 12.2 Å². The Kier molecular flexibility index (Phi) is 23.6. The molecule has 0 atom stereocenters. The Morgan fingerprint density at radius 1 is 1.57 bits per heavy atom. The summed E-state index contributed by atoms with van der Waals surface area (Å²) in [7, 11) is 0. The van der Waals surface area contributed by atoms with Gasteiger partial charge in [0, 0.05) is 39.0 Å². The van der Waals surface area contributed by atoms with Crippen LogP contribution in [0.1, 0.15) is 0 Å². The summed E-state index contributed by atoms with van der Waals surface area (Å²) >= 11 is 5.83. The topological polar surface area (TPSA) is 26.0 Å². The van der Waals surface area contributed by atoms with Gasteiger partial charge in [0.2, 0.25) is 0 Å². The molecule has 0 saturated carbocycles. The van der Waals surface area contributed by atoms with Crippen LogP contribution in [0.3, 0.4) is 0 Å². The van der Waals surface area contributed by atoms with Crippen molar-refractivity contribution in [2.75, 3.05) is 6.26 Å². The van der Waals surface area contributed by atoms with Crippen molar-refractivity contribution in [3.8, 4) is 0 Å². The summed E-state index contributed by atoms with van der Waals surface area (Å²) in [5.74, 6) is 0. The summed E-state index contributed by atoms with van der Waals surface area (Å²) in [5.41, 5.74) is 4.99. The molecule has 0 bridgehead atoms. The fraction of sp³-hybridized carbons (Fsp3) is 0.500. The Balaban J connectivity index is -0.0000000800. The Hall–Kier alpha value is 1.49. The molecule has 34 valence electrons. The molecule has 0 aromatic rings. The van der Waals surface area contributed by atoms with Crippen LogP contribution in [0.4, 0.5) is 0 Å². The van der Waals surface area contributed by atoms with Crippen LogP contribution in [-0.2, 0) is 39.0 Å². The second kappa shape index (κ2) is 10.5. The first-order valence-corrected chi connectivity index (χ1v) is 2.74. The quantitative estimate of drug-likeness (QED) is 0.494. The molecular formula is C2H5NS2Zn2. The molecule has 7 heavy (non-hydrogen) atoms. The van der Waals surface area contributed by atoms with Crippen molar-refractivity contribution in [1.29, 1.82) is 0 Å². The van der Waals surface area contributed by atoms with E-state index in [1.807, 2.05) is 6.26 Å². The molecular weight excluding hydrogens is 233 g/mol. The molecule has 0 aliphatic carbocycles. The summed E-state index contributed by atoms with van der Waals surface area (Å²) in [6.07, 6.45) is 1.85. The number of nitrogens with two attached hydrogens (primary N) is 1. The molecule has 0 unspecified atom stereocenters. The summed E-state index contributed by atoms with van der Waals surface area (Å²) in [5, 5.41) is 0. The molecule has 0 saturated heterocycles. The van der Waals surface area contributed by atoms with Gasteiger partial charge in [0.25, 0.3) is 0 Å². The van der Waals surface area contributed by atoms with E-state index >= 15 is 0 Å². The van der Waals surface area contributed by atoms with Crippen molar-refractivity contribution in [1.82, 2.24) is 0 Å². The van der Waals surface area contributed by atoms with E-state index in [4.69, 9.17) is 5.73 Å². The zero-order chi connectivity index (χ0) is 4.28. The number of hydrogen-bond donors (Lipinski definition) is 1. The number of thioether (sulfide) groups is 1.